The lowest BCUT2D eigenvalue weighted by atomic mass is 10.2. The first-order valence-electron chi connectivity index (χ1n) is 7.03. The number of hydrogen-bond donors (Lipinski definition) is 3. The van der Waals surface area contributed by atoms with E-state index in [1.54, 1.807) is 19.9 Å². The summed E-state index contributed by atoms with van der Waals surface area (Å²) in [5, 5.41) is 2.66. The Morgan fingerprint density at radius 1 is 1.25 bits per heavy atom. The molecule has 1 aromatic heterocycles. The Labute approximate surface area is 147 Å². The van der Waals surface area contributed by atoms with E-state index >= 15 is 0 Å². The minimum atomic E-state index is -3.55. The highest BCUT2D eigenvalue weighted by molar-refractivity contribution is 7.89. The molecule has 1 amide bonds. The van der Waals surface area contributed by atoms with Gasteiger partial charge in [-0.25, -0.2) is 13.1 Å². The van der Waals surface area contributed by atoms with Crippen molar-refractivity contribution in [1.29, 1.82) is 0 Å². The number of carbonyl (C=O) groups is 1. The van der Waals surface area contributed by atoms with Crippen molar-refractivity contribution in [2.24, 2.45) is 5.73 Å². The van der Waals surface area contributed by atoms with Crippen LogP contribution in [-0.4, -0.2) is 20.4 Å². The quantitative estimate of drug-likeness (QED) is 0.717. The molecule has 0 aliphatic heterocycles. The van der Waals surface area contributed by atoms with Crippen molar-refractivity contribution >= 4 is 34.0 Å². The minimum absolute atomic E-state index is 0. The second kappa shape index (κ2) is 8.29. The molecule has 0 saturated heterocycles. The first-order valence-corrected chi connectivity index (χ1v) is 8.51. The number of furan rings is 1. The summed E-state index contributed by atoms with van der Waals surface area (Å²) in [6.45, 7) is 3.70. The van der Waals surface area contributed by atoms with Gasteiger partial charge in [0.25, 0.3) is 5.91 Å². The molecule has 0 fully saturated rings. The summed E-state index contributed by atoms with van der Waals surface area (Å²) >= 11 is 0. The average molecular weight is 374 g/mol. The highest BCUT2D eigenvalue weighted by atomic mass is 35.5. The summed E-state index contributed by atoms with van der Waals surface area (Å²) in [4.78, 5) is 12.2. The smallest absolute Gasteiger partial charge is 0.258 e. The fourth-order valence-electron chi connectivity index (χ4n) is 1.91. The third-order valence-corrected chi connectivity index (χ3v) is 4.60. The molecule has 2 rings (SSSR count). The average Bonchev–Trinajstić information content (AvgIpc) is 2.95. The molecule has 24 heavy (non-hydrogen) atoms. The minimum Gasteiger partial charge on any atom is -0.467 e. The molecule has 0 aliphatic rings. The molecule has 0 radical (unpaired) electrons. The Balaban J connectivity index is 0.00000288. The van der Waals surface area contributed by atoms with Crippen molar-refractivity contribution in [2.45, 2.75) is 31.3 Å². The molecule has 7 nitrogen and oxygen atoms in total. The molecule has 0 spiro atoms. The largest absolute Gasteiger partial charge is 0.467 e. The Kier molecular flexibility index (Phi) is 6.97. The topological polar surface area (TPSA) is 114 Å². The molecule has 0 saturated carbocycles. The van der Waals surface area contributed by atoms with Crippen LogP contribution in [-0.2, 0) is 16.6 Å². The third kappa shape index (κ3) is 5.07. The Bertz CT molecular complexity index is 785. The molecule has 132 valence electrons. The van der Waals surface area contributed by atoms with E-state index in [0.717, 1.165) is 0 Å². The van der Waals surface area contributed by atoms with E-state index in [4.69, 9.17) is 10.2 Å². The van der Waals surface area contributed by atoms with Gasteiger partial charge < -0.3 is 15.5 Å². The molecule has 9 heteroatoms. The Hall–Kier alpha value is -1.87. The summed E-state index contributed by atoms with van der Waals surface area (Å²) in [5.41, 5.74) is 6.25. The summed E-state index contributed by atoms with van der Waals surface area (Å²) in [6.07, 6.45) is 1.32. The van der Waals surface area contributed by atoms with Crippen LogP contribution < -0.4 is 15.8 Å². The number of nitrogens with one attached hydrogen (secondary N) is 2. The van der Waals surface area contributed by atoms with Gasteiger partial charge in [0.1, 0.15) is 12.0 Å². The van der Waals surface area contributed by atoms with Crippen LogP contribution in [0.5, 0.6) is 0 Å². The summed E-state index contributed by atoms with van der Waals surface area (Å²) in [6, 6.07) is 7.27. The third-order valence-electron chi connectivity index (χ3n) is 2.93. The SMILES string of the molecule is CC(C)NS(=O)(=O)c1ccc(NC(=O)c2coc(CN)c2)cc1.Cl. The molecular weight excluding hydrogens is 354 g/mol. The van der Waals surface area contributed by atoms with Crippen LogP contribution >= 0.6 is 12.4 Å². The molecule has 0 unspecified atom stereocenters. The summed E-state index contributed by atoms with van der Waals surface area (Å²) in [7, 11) is -3.55. The standard InChI is InChI=1S/C15H19N3O4S.ClH/c1-10(2)18-23(20,21)14-5-3-12(4-6-14)17-15(19)11-7-13(8-16)22-9-11;/h3-7,9-10,18H,8,16H2,1-2H3,(H,17,19);1H. The van der Waals surface area contributed by atoms with Gasteiger partial charge in [0.15, 0.2) is 0 Å². The van der Waals surface area contributed by atoms with Gasteiger partial charge in [-0.3, -0.25) is 4.79 Å². The normalized spacial score (nSPS) is 11.2. The number of sulfonamides is 1. The van der Waals surface area contributed by atoms with E-state index in [1.807, 2.05) is 0 Å². The van der Waals surface area contributed by atoms with E-state index < -0.39 is 10.0 Å². The van der Waals surface area contributed by atoms with Crippen LogP contribution in [0.15, 0.2) is 45.9 Å². The number of benzene rings is 1. The molecule has 0 aliphatic carbocycles. The summed E-state index contributed by atoms with van der Waals surface area (Å²) < 4.78 is 31.6. The number of carbonyl (C=O) groups excluding carboxylic acids is 1. The fourth-order valence-corrected chi connectivity index (χ4v) is 3.16. The van der Waals surface area contributed by atoms with Gasteiger partial charge in [-0.1, -0.05) is 0 Å². The van der Waals surface area contributed by atoms with Crippen molar-refractivity contribution in [3.8, 4) is 0 Å². The molecular formula is C15H20ClN3O4S. The van der Waals surface area contributed by atoms with Crippen molar-refractivity contribution in [3.63, 3.8) is 0 Å². The molecule has 0 atom stereocenters. The number of amides is 1. The second-order valence-electron chi connectivity index (χ2n) is 5.26. The maximum Gasteiger partial charge on any atom is 0.258 e. The molecule has 2 aromatic rings. The van der Waals surface area contributed by atoms with Gasteiger partial charge in [0.05, 0.1) is 17.0 Å². The second-order valence-corrected chi connectivity index (χ2v) is 6.97. The maximum atomic E-state index is 12.0. The van der Waals surface area contributed by atoms with E-state index in [1.165, 1.54) is 30.5 Å². The van der Waals surface area contributed by atoms with Crippen LogP contribution in [0.4, 0.5) is 5.69 Å². The zero-order valence-corrected chi connectivity index (χ0v) is 14.9. The van der Waals surface area contributed by atoms with Gasteiger partial charge in [-0.05, 0) is 44.2 Å². The van der Waals surface area contributed by atoms with Gasteiger partial charge in [-0.2, -0.15) is 0 Å². The molecule has 0 bridgehead atoms. The first-order chi connectivity index (χ1) is 10.8. The lowest BCUT2D eigenvalue weighted by Gasteiger charge is -2.10. The van der Waals surface area contributed by atoms with Gasteiger partial charge in [0, 0.05) is 11.7 Å². The van der Waals surface area contributed by atoms with E-state index in [0.29, 0.717) is 17.0 Å². The zero-order chi connectivity index (χ0) is 17.0. The molecule has 1 aromatic carbocycles. The van der Waals surface area contributed by atoms with E-state index in [9.17, 15) is 13.2 Å². The van der Waals surface area contributed by atoms with Crippen LogP contribution in [0.1, 0.15) is 30.0 Å². The van der Waals surface area contributed by atoms with E-state index in [2.05, 4.69) is 10.0 Å². The highest BCUT2D eigenvalue weighted by Crippen LogP contribution is 2.16. The fraction of sp³-hybridized carbons (Fsp3) is 0.267. The first kappa shape index (κ1) is 20.2. The van der Waals surface area contributed by atoms with Crippen LogP contribution in [0, 0.1) is 0 Å². The Morgan fingerprint density at radius 2 is 1.88 bits per heavy atom. The van der Waals surface area contributed by atoms with Gasteiger partial charge in [-0.15, -0.1) is 12.4 Å². The lowest BCUT2D eigenvalue weighted by Crippen LogP contribution is -2.30. The number of anilines is 1. The van der Waals surface area contributed by atoms with Crippen LogP contribution in [0.3, 0.4) is 0 Å². The predicted molar refractivity (Wildman–Crippen MR) is 93.7 cm³/mol. The lowest BCUT2D eigenvalue weighted by molar-refractivity contribution is 0.102. The van der Waals surface area contributed by atoms with E-state index in [-0.39, 0.29) is 35.8 Å². The molecule has 1 heterocycles. The van der Waals surface area contributed by atoms with Crippen molar-refractivity contribution in [2.75, 3.05) is 5.32 Å². The van der Waals surface area contributed by atoms with Gasteiger partial charge >= 0.3 is 0 Å². The number of rotatable bonds is 6. The van der Waals surface area contributed by atoms with Crippen LogP contribution in [0.2, 0.25) is 0 Å². The number of hydrogen-bond acceptors (Lipinski definition) is 5. The highest BCUT2D eigenvalue weighted by Gasteiger charge is 2.15. The monoisotopic (exact) mass is 373 g/mol. The number of nitrogens with two attached hydrogens (primary N) is 1. The molecule has 4 N–H and O–H groups in total. The van der Waals surface area contributed by atoms with Crippen molar-refractivity contribution in [1.82, 2.24) is 4.72 Å². The summed E-state index contributed by atoms with van der Waals surface area (Å²) in [5.74, 6) is 0.153. The van der Waals surface area contributed by atoms with Crippen molar-refractivity contribution in [3.05, 3.63) is 47.9 Å². The number of halogens is 1. The van der Waals surface area contributed by atoms with Crippen molar-refractivity contribution < 1.29 is 17.6 Å². The maximum absolute atomic E-state index is 12.0. The zero-order valence-electron chi connectivity index (χ0n) is 13.3. The van der Waals surface area contributed by atoms with Gasteiger partial charge in [0.2, 0.25) is 10.0 Å². The van der Waals surface area contributed by atoms with Crippen LogP contribution in [0.25, 0.3) is 0 Å². The Morgan fingerprint density at radius 3 is 2.38 bits per heavy atom. The predicted octanol–water partition coefficient (Wildman–Crippen LogP) is 2.10.